The van der Waals surface area contributed by atoms with E-state index in [1.807, 2.05) is 0 Å². The van der Waals surface area contributed by atoms with Crippen LogP contribution in [-0.4, -0.2) is 99.4 Å². The van der Waals surface area contributed by atoms with Crippen molar-refractivity contribution in [1.29, 1.82) is 0 Å². The molecule has 0 saturated carbocycles. The predicted octanol–water partition coefficient (Wildman–Crippen LogP) is 20.1. The zero-order chi connectivity index (χ0) is 102. The molecule has 0 radical (unpaired) electrons. The van der Waals surface area contributed by atoms with E-state index in [4.69, 9.17) is 94.7 Å². The third-order valence-corrected chi connectivity index (χ3v) is 17.1. The number of carbonyl (C=O) groups excluding carboxylic acids is 8. The minimum Gasteiger partial charge on any atom is -0.508 e. The van der Waals surface area contributed by atoms with Crippen LogP contribution in [0, 0.1) is 76.4 Å². The second-order valence-corrected chi connectivity index (χ2v) is 32.9. The predicted molar refractivity (Wildman–Crippen MR) is 501 cm³/mol. The van der Waals surface area contributed by atoms with Crippen molar-refractivity contribution in [2.75, 3.05) is 38.9 Å². The smallest absolute Gasteiger partial charge is 0.412 e. The Kier molecular flexibility index (Phi) is 39.2. The number of anilines is 7. The molecule has 0 bridgehead atoms. The molecule has 0 aliphatic carbocycles. The van der Waals surface area contributed by atoms with Gasteiger partial charge in [0.2, 0.25) is 0 Å². The second-order valence-electron chi connectivity index (χ2n) is 32.5. The molecular weight excluding hydrogens is 1800 g/mol. The summed E-state index contributed by atoms with van der Waals surface area (Å²) in [6.45, 7) is 28.8. The Morgan fingerprint density at radius 1 is 0.338 bits per heavy atom. The van der Waals surface area contributed by atoms with Gasteiger partial charge in [-0.25, -0.2) is 45.7 Å². The van der Waals surface area contributed by atoms with E-state index in [0.717, 1.165) is 17.7 Å². The van der Waals surface area contributed by atoms with Crippen molar-refractivity contribution in [3.8, 4) is 63.2 Å². The van der Waals surface area contributed by atoms with E-state index in [1.165, 1.54) is 136 Å². The quantitative estimate of drug-likeness (QED) is 0.0146. The number of aryl methyl sites for hydroxylation is 6. The summed E-state index contributed by atoms with van der Waals surface area (Å²) < 4.78 is 126. The highest BCUT2D eigenvalue weighted by Gasteiger charge is 2.24. The summed E-state index contributed by atoms with van der Waals surface area (Å²) >= 11 is 5.54. The molecular formula is C96H103ClF6N16O17. The lowest BCUT2D eigenvalue weighted by molar-refractivity contribution is -0.117. The van der Waals surface area contributed by atoms with Crippen LogP contribution < -0.4 is 79.8 Å². The number of primary amides is 3. The first-order chi connectivity index (χ1) is 63.4. The fraction of sp³-hybridized carbons (Fsp3) is 0.229. The molecule has 136 heavy (non-hydrogen) atoms. The largest absolute Gasteiger partial charge is 0.508 e. The summed E-state index contributed by atoms with van der Waals surface area (Å²) in [5.41, 5.74) is 40.4. The van der Waals surface area contributed by atoms with Crippen LogP contribution in [0.25, 0.3) is 0 Å². The van der Waals surface area contributed by atoms with E-state index in [0.29, 0.717) is 96.0 Å². The lowest BCUT2D eigenvalue weighted by Crippen LogP contribution is -2.27. The molecule has 6 heterocycles. The molecule has 33 nitrogen and oxygen atoms in total. The van der Waals surface area contributed by atoms with Crippen molar-refractivity contribution >= 4 is 99.1 Å². The highest BCUT2D eigenvalue weighted by Crippen LogP contribution is 2.37. The summed E-state index contributed by atoms with van der Waals surface area (Å²) in [4.78, 5) is 114. The lowest BCUT2D eigenvalue weighted by Gasteiger charge is -2.20. The van der Waals surface area contributed by atoms with Crippen LogP contribution >= 0.6 is 11.6 Å². The molecule has 0 aliphatic heterocycles. The molecule has 718 valence electrons. The Morgan fingerprint density at radius 3 is 0.875 bits per heavy atom. The average molecular weight is 1900 g/mol. The van der Waals surface area contributed by atoms with Gasteiger partial charge < -0.3 is 83.1 Å². The first-order valence-electron chi connectivity index (χ1n) is 40.6. The second kappa shape index (κ2) is 49.2. The van der Waals surface area contributed by atoms with E-state index < -0.39 is 87.7 Å². The number of nitrogen functional groups attached to an aromatic ring is 4. The molecule has 12 rings (SSSR count). The third-order valence-electron chi connectivity index (χ3n) is 16.9. The van der Waals surface area contributed by atoms with Gasteiger partial charge in [-0.1, -0.05) is 11.6 Å². The molecule has 0 atom stereocenters. The van der Waals surface area contributed by atoms with Crippen molar-refractivity contribution < 1.29 is 108 Å². The van der Waals surface area contributed by atoms with Crippen LogP contribution in [-0.2, 0) is 36.6 Å². The Balaban J connectivity index is 0.000000249. The van der Waals surface area contributed by atoms with Gasteiger partial charge in [-0.2, -0.15) is 0 Å². The standard InChI is InChI=1S/C20H23FN2O4.C18H20FN3O4.C17H20FN3O3.C15H15FN2O2.C13H12FN3O2.C7H8FNO.C6H5ClN2O/c1-12-8-17(23-19(25)27-20(3,4)5)16(21)11-18(12)26-15-6-7-22-14(10-15)9-13(2)24;1-10-7-13(22-17(24)26-18(2,3)4)12(19)9-15(10)25-11-5-6-21-14(8-11)16(20)23;1-10-7-13(21-16(22)24-17(2,3)4)12(18)9-14(10)23-11-5-6-20-15(19)8-11;1-9-5-14(17)13(16)8-15(9)20-12-3-4-18-11(7-12)6-10(2)19;1-7-4-10(15)9(14)6-12(7)19-8-2-3-17-11(5-8)13(16)18;1-4-2-6(9)5(8)3-7(4)10;7-4-1-2-9-5(3-4)6(8)10/h6-8,10-11H,9H2,1-5H3,(H,23,25);5-9H,1-4H3,(H2,20,23)(H,22,24);5-9H,1-4H3,(H2,19,20)(H,21,22);3-5,7-8H,6,17H2,1-2H3;2-6H,15H2,1H3,(H2,16,18);2-3,10H,9H2,1H3;1-3H,(H2,8,10). The number of aromatic hydroxyl groups is 1. The number of phenols is 1. The number of ether oxygens (including phenoxy) is 8. The van der Waals surface area contributed by atoms with Crippen LogP contribution in [0.2, 0.25) is 5.02 Å². The maximum Gasteiger partial charge on any atom is 0.412 e. The number of phenolic OH excluding ortho intramolecular Hbond substituents is 1. The number of aromatic nitrogens is 6. The number of carbonyl (C=O) groups is 8. The first kappa shape index (κ1) is 108. The first-order valence-corrected chi connectivity index (χ1v) is 41.0. The monoisotopic (exact) mass is 1900 g/mol. The van der Waals surface area contributed by atoms with E-state index in [9.17, 15) is 64.7 Å². The van der Waals surface area contributed by atoms with Crippen LogP contribution in [0.3, 0.4) is 0 Å². The number of pyridine rings is 6. The number of halogens is 7. The molecule has 0 saturated heterocycles. The molecule has 18 N–H and O–H groups in total. The zero-order valence-electron chi connectivity index (χ0n) is 77.1. The minimum absolute atomic E-state index is 0.00102. The average Bonchev–Trinajstić information content (AvgIpc) is 0.823. The van der Waals surface area contributed by atoms with Crippen molar-refractivity contribution in [3.05, 3.63) is 285 Å². The number of nitrogens with zero attached hydrogens (tertiary/aromatic N) is 6. The molecule has 6 aromatic carbocycles. The van der Waals surface area contributed by atoms with E-state index in [2.05, 4.69) is 45.9 Å². The fourth-order valence-electron chi connectivity index (χ4n) is 10.8. The van der Waals surface area contributed by atoms with Gasteiger partial charge in [-0.15, -0.1) is 0 Å². The molecule has 40 heteroatoms. The van der Waals surface area contributed by atoms with Crippen molar-refractivity contribution in [2.24, 2.45) is 17.2 Å². The summed E-state index contributed by atoms with van der Waals surface area (Å²) in [6, 6.07) is 34.2. The molecule has 6 aromatic heterocycles. The minimum atomic E-state index is -0.760. The van der Waals surface area contributed by atoms with Crippen LogP contribution in [0.1, 0.15) is 152 Å². The van der Waals surface area contributed by atoms with Gasteiger partial charge in [0, 0.05) is 122 Å². The van der Waals surface area contributed by atoms with Gasteiger partial charge in [0.15, 0.2) is 17.5 Å². The number of benzene rings is 6. The number of rotatable bonds is 20. The van der Waals surface area contributed by atoms with Crippen LogP contribution in [0.4, 0.5) is 80.7 Å². The summed E-state index contributed by atoms with van der Waals surface area (Å²) in [5, 5.41) is 16.5. The van der Waals surface area contributed by atoms with E-state index in [-0.39, 0.29) is 92.9 Å². The maximum absolute atomic E-state index is 14.4. The third kappa shape index (κ3) is 37.5. The highest BCUT2D eigenvalue weighted by molar-refractivity contribution is 6.30. The van der Waals surface area contributed by atoms with Gasteiger partial charge in [0.1, 0.15) is 132 Å². The topological polar surface area (TPSA) is 526 Å². The van der Waals surface area contributed by atoms with Crippen LogP contribution in [0.15, 0.2) is 183 Å². The molecule has 12 aromatic rings. The highest BCUT2D eigenvalue weighted by atomic mass is 35.5. The fourth-order valence-corrected chi connectivity index (χ4v) is 10.9. The number of ketones is 2. The van der Waals surface area contributed by atoms with Crippen molar-refractivity contribution in [3.63, 3.8) is 0 Å². The Labute approximate surface area is 784 Å². The Bertz CT molecular complexity index is 6290. The van der Waals surface area contributed by atoms with E-state index >= 15 is 0 Å². The zero-order valence-corrected chi connectivity index (χ0v) is 77.8. The molecule has 0 fully saturated rings. The molecule has 0 spiro atoms. The number of nitrogens with two attached hydrogens (primary N) is 7. The number of amides is 6. The maximum atomic E-state index is 14.4. The number of Topliss-reactive ketones (excluding diaryl/α,β-unsaturated/α-hetero) is 2. The van der Waals surface area contributed by atoms with Gasteiger partial charge in [-0.05, 0) is 230 Å². The Morgan fingerprint density at radius 2 is 0.596 bits per heavy atom. The van der Waals surface area contributed by atoms with Gasteiger partial charge in [-0.3, -0.25) is 64.8 Å². The number of nitrogens with one attached hydrogen (secondary N) is 3. The van der Waals surface area contributed by atoms with E-state index in [1.54, 1.807) is 153 Å². The Hall–Kier alpha value is -16.4. The van der Waals surface area contributed by atoms with Crippen molar-refractivity contribution in [1.82, 2.24) is 29.9 Å². The van der Waals surface area contributed by atoms with Crippen molar-refractivity contribution in [2.45, 2.75) is 147 Å². The van der Waals surface area contributed by atoms with Gasteiger partial charge in [0.05, 0.1) is 45.5 Å². The number of hydrogen-bond donors (Lipinski definition) is 11. The normalized spacial score (nSPS) is 10.6. The molecule has 0 unspecified atom stereocenters. The summed E-state index contributed by atoms with van der Waals surface area (Å²) in [6.07, 6.45) is 6.97. The number of hydrogen-bond acceptors (Lipinski definition) is 27. The lowest BCUT2D eigenvalue weighted by atomic mass is 10.2. The van der Waals surface area contributed by atoms with Gasteiger partial charge in [0.25, 0.3) is 17.7 Å². The summed E-state index contributed by atoms with van der Waals surface area (Å²) in [7, 11) is 0. The molecule has 0 aliphatic rings. The summed E-state index contributed by atoms with van der Waals surface area (Å²) in [5.74, 6) is -1.80. The van der Waals surface area contributed by atoms with Gasteiger partial charge >= 0.3 is 18.3 Å². The SMILES string of the molecule is CC(=O)Cc1cc(Oc2cc(F)c(N)cc2C)ccn1.CC(=O)Cc1cc(Oc2cc(F)c(NC(=O)OC(C)(C)C)cc2C)ccn1.Cc1cc(N)c(F)cc1O.Cc1cc(N)c(F)cc1Oc1ccnc(C(N)=O)c1.Cc1cc(NC(=O)OC(C)(C)C)c(F)cc1Oc1ccnc(C(N)=O)c1.Cc1cc(NC(=O)OC(C)(C)C)c(F)cc1Oc1ccnc(N)c1.NC(=O)c1cc(Cl)ccn1. The molecule has 6 amide bonds. The van der Waals surface area contributed by atoms with Crippen LogP contribution in [0.5, 0.6) is 63.2 Å².